The summed E-state index contributed by atoms with van der Waals surface area (Å²) < 4.78 is 5.50. The van der Waals surface area contributed by atoms with E-state index < -0.39 is 5.97 Å². The lowest BCUT2D eigenvalue weighted by molar-refractivity contribution is -0.143. The fraction of sp³-hybridized carbons (Fsp3) is 0.235. The minimum Gasteiger partial charge on any atom is -0.492 e. The van der Waals surface area contributed by atoms with Crippen LogP contribution in [0.25, 0.3) is 0 Å². The zero-order valence-corrected chi connectivity index (χ0v) is 14.5. The monoisotopic (exact) mass is 366 g/mol. The van der Waals surface area contributed by atoms with Gasteiger partial charge in [-0.25, -0.2) is 4.79 Å². The molecule has 0 aliphatic carbocycles. The van der Waals surface area contributed by atoms with E-state index in [-0.39, 0.29) is 6.42 Å². The van der Waals surface area contributed by atoms with Crippen LogP contribution in [0, 0.1) is 0 Å². The molecule has 126 valence electrons. The van der Waals surface area contributed by atoms with Crippen LogP contribution in [0.4, 0.5) is 0 Å². The summed E-state index contributed by atoms with van der Waals surface area (Å²) in [6, 6.07) is 8.55. The van der Waals surface area contributed by atoms with Gasteiger partial charge >= 0.3 is 5.97 Å². The highest BCUT2D eigenvalue weighted by Crippen LogP contribution is 2.27. The summed E-state index contributed by atoms with van der Waals surface area (Å²) in [6.45, 7) is 2.10. The summed E-state index contributed by atoms with van der Waals surface area (Å²) in [7, 11) is 0. The standard InChI is InChI=1S/C17H16Cl2N2O3/c1-12(13-6-8-20-9-7-13)21-24-17(22)3-2-10-23-16-5-4-14(18)11-15(16)19/h4-9,11H,2-3,10H2,1H3/b21-12-. The molecule has 0 N–H and O–H groups in total. The Kier molecular flexibility index (Phi) is 7.03. The van der Waals surface area contributed by atoms with Crippen molar-refractivity contribution in [1.82, 2.24) is 4.98 Å². The first-order valence-electron chi connectivity index (χ1n) is 7.29. The van der Waals surface area contributed by atoms with Crippen LogP contribution in [0.2, 0.25) is 10.0 Å². The van der Waals surface area contributed by atoms with Crippen molar-refractivity contribution in [3.8, 4) is 5.75 Å². The molecule has 1 heterocycles. The summed E-state index contributed by atoms with van der Waals surface area (Å²) in [6.07, 6.45) is 3.98. The molecule has 0 saturated heterocycles. The molecule has 5 nitrogen and oxygen atoms in total. The molecule has 0 spiro atoms. The maximum absolute atomic E-state index is 11.7. The zero-order valence-electron chi connectivity index (χ0n) is 13.0. The summed E-state index contributed by atoms with van der Waals surface area (Å²) in [5.41, 5.74) is 1.45. The molecule has 0 aliphatic heterocycles. The van der Waals surface area contributed by atoms with Crippen LogP contribution in [-0.2, 0) is 9.63 Å². The van der Waals surface area contributed by atoms with Crippen LogP contribution >= 0.6 is 23.2 Å². The number of halogens is 2. The van der Waals surface area contributed by atoms with Gasteiger partial charge in [0, 0.05) is 23.0 Å². The number of hydrogen-bond acceptors (Lipinski definition) is 5. The number of oxime groups is 1. The number of ether oxygens (including phenoxy) is 1. The van der Waals surface area contributed by atoms with Gasteiger partial charge in [0.15, 0.2) is 0 Å². The lowest BCUT2D eigenvalue weighted by atomic mass is 10.2. The van der Waals surface area contributed by atoms with Crippen molar-refractivity contribution in [2.75, 3.05) is 6.61 Å². The van der Waals surface area contributed by atoms with Gasteiger partial charge in [-0.15, -0.1) is 0 Å². The van der Waals surface area contributed by atoms with E-state index in [0.29, 0.717) is 34.5 Å². The molecule has 0 saturated carbocycles. The SMILES string of the molecule is C/C(=N/OC(=O)CCCOc1ccc(Cl)cc1Cl)c1ccncc1. The lowest BCUT2D eigenvalue weighted by Gasteiger charge is -2.07. The second-order valence-electron chi connectivity index (χ2n) is 4.90. The van der Waals surface area contributed by atoms with Gasteiger partial charge in [0.25, 0.3) is 0 Å². The molecular formula is C17H16Cl2N2O3. The van der Waals surface area contributed by atoms with Crippen LogP contribution in [0.3, 0.4) is 0 Å². The number of carbonyl (C=O) groups is 1. The van der Waals surface area contributed by atoms with E-state index in [1.165, 1.54) is 0 Å². The number of benzene rings is 1. The first kappa shape index (κ1) is 18.2. The van der Waals surface area contributed by atoms with Crippen molar-refractivity contribution in [2.45, 2.75) is 19.8 Å². The maximum Gasteiger partial charge on any atom is 0.335 e. The normalized spacial score (nSPS) is 11.2. The van der Waals surface area contributed by atoms with E-state index in [4.69, 9.17) is 32.8 Å². The molecule has 2 aromatic rings. The van der Waals surface area contributed by atoms with Crippen molar-refractivity contribution >= 4 is 34.9 Å². The van der Waals surface area contributed by atoms with Crippen molar-refractivity contribution in [3.05, 3.63) is 58.3 Å². The van der Waals surface area contributed by atoms with E-state index in [9.17, 15) is 4.79 Å². The summed E-state index contributed by atoms with van der Waals surface area (Å²) in [5.74, 6) is 0.107. The van der Waals surface area contributed by atoms with E-state index >= 15 is 0 Å². The van der Waals surface area contributed by atoms with Crippen LogP contribution in [-0.4, -0.2) is 23.3 Å². The number of hydrogen-bond donors (Lipinski definition) is 0. The Balaban J connectivity index is 1.72. The Morgan fingerprint density at radius 3 is 2.67 bits per heavy atom. The smallest absolute Gasteiger partial charge is 0.335 e. The average Bonchev–Trinajstić information content (AvgIpc) is 2.59. The van der Waals surface area contributed by atoms with E-state index in [2.05, 4.69) is 10.1 Å². The van der Waals surface area contributed by atoms with E-state index in [1.807, 2.05) is 0 Å². The topological polar surface area (TPSA) is 60.8 Å². The highest BCUT2D eigenvalue weighted by atomic mass is 35.5. The third-order valence-corrected chi connectivity index (χ3v) is 3.59. The Hall–Kier alpha value is -2.11. The maximum atomic E-state index is 11.7. The zero-order chi connectivity index (χ0) is 17.4. The third-order valence-electron chi connectivity index (χ3n) is 3.06. The van der Waals surface area contributed by atoms with Gasteiger partial charge in [0.2, 0.25) is 0 Å². The van der Waals surface area contributed by atoms with Gasteiger partial charge < -0.3 is 9.57 Å². The van der Waals surface area contributed by atoms with Crippen molar-refractivity contribution in [2.24, 2.45) is 5.16 Å². The highest BCUT2D eigenvalue weighted by Gasteiger charge is 2.06. The number of rotatable bonds is 7. The summed E-state index contributed by atoms with van der Waals surface area (Å²) >= 11 is 11.8. The van der Waals surface area contributed by atoms with Crippen LogP contribution in [0.1, 0.15) is 25.3 Å². The predicted octanol–water partition coefficient (Wildman–Crippen LogP) is 4.51. The van der Waals surface area contributed by atoms with E-state index in [0.717, 1.165) is 5.56 Å². The molecule has 1 aromatic carbocycles. The molecule has 0 aliphatic rings. The average molecular weight is 367 g/mol. The molecule has 2 rings (SSSR count). The molecule has 0 amide bonds. The van der Waals surface area contributed by atoms with Crippen LogP contribution in [0.5, 0.6) is 5.75 Å². The largest absolute Gasteiger partial charge is 0.492 e. The fourth-order valence-corrected chi connectivity index (χ4v) is 2.26. The van der Waals surface area contributed by atoms with Gasteiger partial charge in [-0.05, 0) is 43.7 Å². The minimum atomic E-state index is -0.422. The van der Waals surface area contributed by atoms with Gasteiger partial charge in [-0.1, -0.05) is 28.4 Å². The predicted molar refractivity (Wildman–Crippen MR) is 93.7 cm³/mol. The van der Waals surface area contributed by atoms with Crippen LogP contribution in [0.15, 0.2) is 47.9 Å². The van der Waals surface area contributed by atoms with Gasteiger partial charge in [0.1, 0.15) is 5.75 Å². The minimum absolute atomic E-state index is 0.193. The fourth-order valence-electron chi connectivity index (χ4n) is 1.80. The molecule has 7 heteroatoms. The quantitative estimate of drug-likeness (QED) is 0.313. The van der Waals surface area contributed by atoms with Crippen molar-refractivity contribution < 1.29 is 14.4 Å². The van der Waals surface area contributed by atoms with Crippen molar-refractivity contribution in [1.29, 1.82) is 0 Å². The number of aromatic nitrogens is 1. The van der Waals surface area contributed by atoms with Gasteiger partial charge in [0.05, 0.1) is 23.8 Å². The molecule has 0 atom stereocenters. The first-order valence-corrected chi connectivity index (χ1v) is 8.04. The van der Waals surface area contributed by atoms with Gasteiger partial charge in [-0.2, -0.15) is 0 Å². The second kappa shape index (κ2) is 9.25. The Morgan fingerprint density at radius 2 is 1.96 bits per heavy atom. The third kappa shape index (κ3) is 5.83. The Morgan fingerprint density at radius 1 is 1.21 bits per heavy atom. The molecule has 0 radical (unpaired) electrons. The van der Waals surface area contributed by atoms with Crippen LogP contribution < -0.4 is 4.74 Å². The molecule has 0 fully saturated rings. The Labute approximate surface area is 150 Å². The number of carbonyl (C=O) groups excluding carboxylic acids is 1. The van der Waals surface area contributed by atoms with Gasteiger partial charge in [-0.3, -0.25) is 4.98 Å². The summed E-state index contributed by atoms with van der Waals surface area (Å²) in [4.78, 5) is 20.5. The second-order valence-corrected chi connectivity index (χ2v) is 5.75. The lowest BCUT2D eigenvalue weighted by Crippen LogP contribution is -2.06. The van der Waals surface area contributed by atoms with Crippen molar-refractivity contribution in [3.63, 3.8) is 0 Å². The summed E-state index contributed by atoms with van der Waals surface area (Å²) in [5, 5.41) is 4.79. The molecule has 1 aromatic heterocycles. The molecule has 0 bridgehead atoms. The number of pyridine rings is 1. The number of nitrogens with zero attached hydrogens (tertiary/aromatic N) is 2. The molecule has 24 heavy (non-hydrogen) atoms. The Bertz CT molecular complexity index is 721. The highest BCUT2D eigenvalue weighted by molar-refractivity contribution is 6.35. The van der Waals surface area contributed by atoms with E-state index in [1.54, 1.807) is 49.6 Å². The first-order chi connectivity index (χ1) is 11.6. The molecular weight excluding hydrogens is 351 g/mol. The molecule has 0 unspecified atom stereocenters.